The average molecular weight is 528 g/mol. The minimum absolute atomic E-state index is 1.10. The Labute approximate surface area is 190 Å². The van der Waals surface area contributed by atoms with Gasteiger partial charge in [-0.15, -0.1) is 22.7 Å². The van der Waals surface area contributed by atoms with Gasteiger partial charge in [0.05, 0.1) is 0 Å². The lowest BCUT2D eigenvalue weighted by Gasteiger charge is -1.93. The van der Waals surface area contributed by atoms with Gasteiger partial charge in [-0.05, 0) is 81.6 Å². The number of hydrogen-bond acceptors (Lipinski definition) is 2. The first-order chi connectivity index (χ1) is 13.7. The molecule has 2 aromatic heterocycles. The summed E-state index contributed by atoms with van der Waals surface area (Å²) < 4.78 is 2.20. The third-order valence-electron chi connectivity index (χ3n) is 4.19. The predicted molar refractivity (Wildman–Crippen MR) is 134 cm³/mol. The number of benzene rings is 2. The molecule has 0 aliphatic rings. The lowest BCUT2D eigenvalue weighted by atomic mass is 10.1. The number of halogens is 2. The van der Waals surface area contributed by atoms with Crippen molar-refractivity contribution < 1.29 is 0 Å². The Morgan fingerprint density at radius 2 is 0.929 bits per heavy atom. The van der Waals surface area contributed by atoms with Crippen molar-refractivity contribution >= 4 is 78.8 Å². The maximum Gasteiger partial charge on any atom is 0.0276 e. The fourth-order valence-electron chi connectivity index (χ4n) is 2.69. The second-order valence-corrected chi connectivity index (χ2v) is 9.96. The highest BCUT2D eigenvalue weighted by Gasteiger charge is 2.04. The molecule has 0 unspecified atom stereocenters. The Morgan fingerprint density at radius 3 is 1.32 bits per heavy atom. The summed E-state index contributed by atoms with van der Waals surface area (Å²) in [5.41, 5.74) is 4.96. The topological polar surface area (TPSA) is 0 Å². The highest BCUT2D eigenvalue weighted by atomic mass is 79.9. The predicted octanol–water partition coefficient (Wildman–Crippen LogP) is 9.34. The quantitative estimate of drug-likeness (QED) is 0.242. The van der Waals surface area contributed by atoms with Gasteiger partial charge >= 0.3 is 0 Å². The molecule has 4 heteroatoms. The molecule has 0 atom stereocenters. The Morgan fingerprint density at radius 1 is 0.536 bits per heavy atom. The van der Waals surface area contributed by atoms with Gasteiger partial charge in [-0.1, -0.05) is 68.3 Å². The maximum absolute atomic E-state index is 3.47. The van der Waals surface area contributed by atoms with E-state index in [-0.39, 0.29) is 0 Å². The largest absolute Gasteiger partial charge is 0.144 e. The van der Waals surface area contributed by atoms with E-state index in [1.54, 1.807) is 22.7 Å². The molecule has 4 rings (SSSR count). The van der Waals surface area contributed by atoms with Crippen LogP contribution in [-0.2, 0) is 0 Å². The molecule has 4 aromatic rings. The van der Waals surface area contributed by atoms with Crippen molar-refractivity contribution in [2.45, 2.75) is 0 Å². The normalized spacial score (nSPS) is 11.6. The van der Waals surface area contributed by atoms with Gasteiger partial charge in [0.25, 0.3) is 0 Å². The van der Waals surface area contributed by atoms with Gasteiger partial charge in [0, 0.05) is 18.7 Å². The molecule has 0 N–H and O–H groups in total. The average Bonchev–Trinajstić information content (AvgIpc) is 3.36. The molecule has 0 radical (unpaired) electrons. The molecule has 0 aliphatic carbocycles. The van der Waals surface area contributed by atoms with Gasteiger partial charge in [-0.3, -0.25) is 0 Å². The Bertz CT molecular complexity index is 1020. The monoisotopic (exact) mass is 526 g/mol. The van der Waals surface area contributed by atoms with Gasteiger partial charge in [-0.2, -0.15) is 0 Å². The zero-order valence-corrected chi connectivity index (χ0v) is 19.6. The summed E-state index contributed by atoms with van der Waals surface area (Å²) in [4.78, 5) is 2.52. The van der Waals surface area contributed by atoms with Crippen molar-refractivity contribution in [3.63, 3.8) is 0 Å². The van der Waals surface area contributed by atoms with Crippen molar-refractivity contribution in [2.24, 2.45) is 0 Å². The first-order valence-corrected chi connectivity index (χ1v) is 12.0. The van der Waals surface area contributed by atoms with E-state index in [2.05, 4.69) is 128 Å². The summed E-state index contributed by atoms with van der Waals surface area (Å²) in [5.74, 6) is 0. The van der Waals surface area contributed by atoms with E-state index in [9.17, 15) is 0 Å². The van der Waals surface area contributed by atoms with E-state index >= 15 is 0 Å². The molecule has 2 aromatic carbocycles. The van der Waals surface area contributed by atoms with E-state index in [0.29, 0.717) is 0 Å². The number of thiophene rings is 2. The van der Waals surface area contributed by atoms with Gasteiger partial charge < -0.3 is 0 Å². The zero-order valence-electron chi connectivity index (χ0n) is 14.8. The third-order valence-corrected chi connectivity index (χ3v) is 7.05. The fraction of sp³-hybridized carbons (Fsp3) is 0. The van der Waals surface area contributed by atoms with Crippen molar-refractivity contribution in [1.82, 2.24) is 0 Å². The lowest BCUT2D eigenvalue weighted by Crippen LogP contribution is -1.70. The van der Waals surface area contributed by atoms with E-state index < -0.39 is 0 Å². The van der Waals surface area contributed by atoms with E-state index in [0.717, 1.165) is 8.95 Å². The SMILES string of the molecule is Brc1ccc(C=Cc2cc(-c3csc(C=Cc4ccc(Br)cc4)c3)cs2)cc1. The molecular formula is C24H16Br2S2. The van der Waals surface area contributed by atoms with E-state index in [1.807, 2.05) is 0 Å². The van der Waals surface area contributed by atoms with Crippen molar-refractivity contribution in [1.29, 1.82) is 0 Å². The molecule has 0 spiro atoms. The van der Waals surface area contributed by atoms with Gasteiger partial charge in [0.1, 0.15) is 0 Å². The van der Waals surface area contributed by atoms with Crippen LogP contribution in [0.25, 0.3) is 35.4 Å². The minimum Gasteiger partial charge on any atom is -0.144 e. The minimum atomic E-state index is 1.10. The molecule has 0 bridgehead atoms. The highest BCUT2D eigenvalue weighted by Crippen LogP contribution is 2.31. The summed E-state index contributed by atoms with van der Waals surface area (Å²) in [7, 11) is 0. The first kappa shape index (κ1) is 19.6. The lowest BCUT2D eigenvalue weighted by molar-refractivity contribution is 1.62. The van der Waals surface area contributed by atoms with E-state index in [1.165, 1.54) is 32.0 Å². The molecule has 0 amide bonds. The van der Waals surface area contributed by atoms with Crippen LogP contribution in [0.4, 0.5) is 0 Å². The molecular weight excluding hydrogens is 512 g/mol. The summed E-state index contributed by atoms with van der Waals surface area (Å²) in [6.07, 6.45) is 8.67. The first-order valence-electron chi connectivity index (χ1n) is 8.70. The molecule has 0 aliphatic heterocycles. The van der Waals surface area contributed by atoms with Crippen LogP contribution in [0, 0.1) is 0 Å². The van der Waals surface area contributed by atoms with Crippen molar-refractivity contribution in [2.75, 3.05) is 0 Å². The molecule has 0 nitrogen and oxygen atoms in total. The summed E-state index contributed by atoms with van der Waals surface area (Å²) in [5, 5.41) is 4.46. The summed E-state index contributed by atoms with van der Waals surface area (Å²) in [6, 6.07) is 21.2. The van der Waals surface area contributed by atoms with Crippen LogP contribution in [-0.4, -0.2) is 0 Å². The van der Waals surface area contributed by atoms with Crippen LogP contribution in [0.15, 0.2) is 80.4 Å². The zero-order chi connectivity index (χ0) is 19.3. The third kappa shape index (κ3) is 5.21. The second-order valence-electron chi connectivity index (χ2n) is 6.25. The summed E-state index contributed by atoms with van der Waals surface area (Å²) in [6.45, 7) is 0. The highest BCUT2D eigenvalue weighted by molar-refractivity contribution is 9.10. The number of rotatable bonds is 5. The van der Waals surface area contributed by atoms with Crippen molar-refractivity contribution in [3.05, 3.63) is 101 Å². The fourth-order valence-corrected chi connectivity index (χ4v) is 4.83. The van der Waals surface area contributed by atoms with Crippen LogP contribution >= 0.6 is 54.5 Å². The van der Waals surface area contributed by atoms with Gasteiger partial charge in [0.15, 0.2) is 0 Å². The van der Waals surface area contributed by atoms with Crippen LogP contribution < -0.4 is 0 Å². The van der Waals surface area contributed by atoms with E-state index in [4.69, 9.17) is 0 Å². The smallest absolute Gasteiger partial charge is 0.0276 e. The van der Waals surface area contributed by atoms with Gasteiger partial charge in [-0.25, -0.2) is 0 Å². The molecule has 0 fully saturated rings. The van der Waals surface area contributed by atoms with Crippen LogP contribution in [0.1, 0.15) is 20.9 Å². The molecule has 28 heavy (non-hydrogen) atoms. The maximum atomic E-state index is 3.47. The molecule has 0 saturated carbocycles. The molecule has 2 heterocycles. The Balaban J connectivity index is 1.45. The number of hydrogen-bond donors (Lipinski definition) is 0. The molecule has 0 saturated heterocycles. The Kier molecular flexibility index (Phi) is 6.43. The van der Waals surface area contributed by atoms with Crippen LogP contribution in [0.5, 0.6) is 0 Å². The van der Waals surface area contributed by atoms with Crippen LogP contribution in [0.2, 0.25) is 0 Å². The molecule has 138 valence electrons. The summed E-state index contributed by atoms with van der Waals surface area (Å²) >= 11 is 10.5. The standard InChI is InChI=1S/C24H16Br2S2/c25-21-7-1-17(2-8-21)5-11-23-13-19(15-27-23)20-14-24(28-16-20)12-6-18-3-9-22(26)10-4-18/h1-16H. The Hall–Kier alpha value is -1.72. The van der Waals surface area contributed by atoms with Gasteiger partial charge in [0.2, 0.25) is 0 Å². The van der Waals surface area contributed by atoms with Crippen molar-refractivity contribution in [3.8, 4) is 11.1 Å². The second kappa shape index (κ2) is 9.19. The van der Waals surface area contributed by atoms with Crippen LogP contribution in [0.3, 0.4) is 0 Å².